The summed E-state index contributed by atoms with van der Waals surface area (Å²) in [5.41, 5.74) is 3.85. The summed E-state index contributed by atoms with van der Waals surface area (Å²) in [4.78, 5) is 0. The van der Waals surface area contributed by atoms with E-state index in [1.165, 1.54) is 5.56 Å². The molecule has 1 fully saturated rings. The molecule has 3 heteroatoms. The summed E-state index contributed by atoms with van der Waals surface area (Å²) in [5, 5.41) is 9.27. The molecule has 16 heavy (non-hydrogen) atoms. The average Bonchev–Trinajstić information content (AvgIpc) is 2.75. The first-order valence-electron chi connectivity index (χ1n) is 5.86. The van der Waals surface area contributed by atoms with E-state index in [1.807, 2.05) is 0 Å². The van der Waals surface area contributed by atoms with Crippen molar-refractivity contribution in [1.82, 2.24) is 5.48 Å². The van der Waals surface area contributed by atoms with Gasteiger partial charge in [-0.15, -0.1) is 0 Å². The van der Waals surface area contributed by atoms with Gasteiger partial charge in [0, 0.05) is 10.0 Å². The first kappa shape index (κ1) is 12.1. The summed E-state index contributed by atoms with van der Waals surface area (Å²) in [7, 11) is 0. The monoisotopic (exact) mass is 283 g/mol. The maximum atomic E-state index is 9.27. The molecular weight excluding hydrogens is 266 g/mol. The first-order valence-corrected chi connectivity index (χ1v) is 6.65. The quantitative estimate of drug-likeness (QED) is 0.826. The van der Waals surface area contributed by atoms with Gasteiger partial charge in [-0.05, 0) is 49.3 Å². The van der Waals surface area contributed by atoms with Crippen molar-refractivity contribution in [1.29, 1.82) is 0 Å². The zero-order valence-electron chi connectivity index (χ0n) is 9.54. The van der Waals surface area contributed by atoms with E-state index < -0.39 is 0 Å². The standard InChI is InChI=1S/C13H18BrNO/c1-2-13(15-16)8-7-11(9-13)10-3-5-12(14)6-4-10/h3-6,11,15-16H,2,7-9H2,1H3/t11-,13-/m0/s1. The third-order valence-corrected chi connectivity index (χ3v) is 4.39. The van der Waals surface area contributed by atoms with Crippen LogP contribution in [0.2, 0.25) is 0 Å². The van der Waals surface area contributed by atoms with Crippen LogP contribution in [0, 0.1) is 0 Å². The highest BCUT2D eigenvalue weighted by molar-refractivity contribution is 9.10. The van der Waals surface area contributed by atoms with E-state index in [0.29, 0.717) is 5.92 Å². The van der Waals surface area contributed by atoms with Crippen molar-refractivity contribution in [3.05, 3.63) is 34.3 Å². The van der Waals surface area contributed by atoms with Gasteiger partial charge in [-0.1, -0.05) is 35.0 Å². The van der Waals surface area contributed by atoms with Crippen LogP contribution in [0.4, 0.5) is 0 Å². The van der Waals surface area contributed by atoms with Gasteiger partial charge in [0.15, 0.2) is 0 Å². The van der Waals surface area contributed by atoms with Gasteiger partial charge in [0.2, 0.25) is 0 Å². The van der Waals surface area contributed by atoms with E-state index in [-0.39, 0.29) is 5.54 Å². The number of hydrogen-bond acceptors (Lipinski definition) is 2. The van der Waals surface area contributed by atoms with Gasteiger partial charge >= 0.3 is 0 Å². The molecule has 0 spiro atoms. The van der Waals surface area contributed by atoms with E-state index in [1.54, 1.807) is 0 Å². The molecule has 2 rings (SSSR count). The first-order chi connectivity index (χ1) is 7.69. The summed E-state index contributed by atoms with van der Waals surface area (Å²) >= 11 is 3.45. The molecule has 0 amide bonds. The van der Waals surface area contributed by atoms with Crippen LogP contribution < -0.4 is 5.48 Å². The number of rotatable bonds is 3. The third kappa shape index (κ3) is 2.31. The fraction of sp³-hybridized carbons (Fsp3) is 0.538. The number of hydrogen-bond donors (Lipinski definition) is 2. The minimum absolute atomic E-state index is 0.0578. The van der Waals surface area contributed by atoms with Crippen LogP contribution in [-0.2, 0) is 0 Å². The van der Waals surface area contributed by atoms with Crippen LogP contribution in [0.15, 0.2) is 28.7 Å². The van der Waals surface area contributed by atoms with Gasteiger partial charge in [-0.2, -0.15) is 5.48 Å². The zero-order valence-corrected chi connectivity index (χ0v) is 11.1. The van der Waals surface area contributed by atoms with Crippen LogP contribution in [0.25, 0.3) is 0 Å². The van der Waals surface area contributed by atoms with Gasteiger partial charge in [0.05, 0.1) is 0 Å². The molecule has 1 aromatic carbocycles. The summed E-state index contributed by atoms with van der Waals surface area (Å²) in [6.07, 6.45) is 4.22. The highest BCUT2D eigenvalue weighted by atomic mass is 79.9. The molecule has 0 aliphatic heterocycles. The van der Waals surface area contributed by atoms with Crippen LogP contribution in [-0.4, -0.2) is 10.7 Å². The van der Waals surface area contributed by atoms with Crippen LogP contribution >= 0.6 is 15.9 Å². The Hall–Kier alpha value is -0.380. The molecule has 1 aliphatic rings. The second kappa shape index (κ2) is 4.86. The van der Waals surface area contributed by atoms with Gasteiger partial charge < -0.3 is 5.21 Å². The predicted molar refractivity (Wildman–Crippen MR) is 68.7 cm³/mol. The molecule has 0 heterocycles. The third-order valence-electron chi connectivity index (χ3n) is 3.86. The number of halogens is 1. The van der Waals surface area contributed by atoms with E-state index >= 15 is 0 Å². The second-order valence-electron chi connectivity index (χ2n) is 4.74. The number of benzene rings is 1. The molecule has 1 aliphatic carbocycles. The molecule has 0 aromatic heterocycles. The van der Waals surface area contributed by atoms with Crippen molar-refractivity contribution >= 4 is 15.9 Å². The smallest absolute Gasteiger partial charge is 0.0433 e. The molecule has 1 aromatic rings. The largest absolute Gasteiger partial charge is 0.316 e. The van der Waals surface area contributed by atoms with E-state index in [0.717, 1.165) is 30.2 Å². The van der Waals surface area contributed by atoms with Gasteiger partial charge in [0.25, 0.3) is 0 Å². The minimum Gasteiger partial charge on any atom is -0.316 e. The summed E-state index contributed by atoms with van der Waals surface area (Å²) in [6.45, 7) is 2.13. The highest BCUT2D eigenvalue weighted by Gasteiger charge is 2.37. The fourth-order valence-electron chi connectivity index (χ4n) is 2.65. The van der Waals surface area contributed by atoms with Crippen molar-refractivity contribution < 1.29 is 5.21 Å². The van der Waals surface area contributed by atoms with Crippen molar-refractivity contribution in [2.45, 2.75) is 44.1 Å². The Morgan fingerprint density at radius 1 is 1.44 bits per heavy atom. The summed E-state index contributed by atoms with van der Waals surface area (Å²) < 4.78 is 1.12. The lowest BCUT2D eigenvalue weighted by Gasteiger charge is -2.25. The molecule has 0 bridgehead atoms. The zero-order chi connectivity index (χ0) is 11.6. The Morgan fingerprint density at radius 3 is 2.62 bits per heavy atom. The molecule has 0 radical (unpaired) electrons. The number of hydroxylamine groups is 1. The molecule has 0 unspecified atom stereocenters. The molecule has 2 N–H and O–H groups in total. The lowest BCUT2D eigenvalue weighted by Crippen LogP contribution is -2.39. The molecule has 2 nitrogen and oxygen atoms in total. The summed E-state index contributed by atoms with van der Waals surface area (Å²) in [6, 6.07) is 8.54. The van der Waals surface area contributed by atoms with Gasteiger partial charge in [0.1, 0.15) is 0 Å². The maximum absolute atomic E-state index is 9.27. The topological polar surface area (TPSA) is 32.3 Å². The predicted octanol–water partition coefficient (Wildman–Crippen LogP) is 3.84. The molecule has 0 saturated heterocycles. The average molecular weight is 284 g/mol. The van der Waals surface area contributed by atoms with E-state index in [4.69, 9.17) is 0 Å². The van der Waals surface area contributed by atoms with Crippen molar-refractivity contribution in [3.63, 3.8) is 0 Å². The van der Waals surface area contributed by atoms with Gasteiger partial charge in [-0.3, -0.25) is 0 Å². The summed E-state index contributed by atoms with van der Waals surface area (Å²) in [5.74, 6) is 0.577. The lowest BCUT2D eigenvalue weighted by atomic mass is 9.91. The molecule has 2 atom stereocenters. The van der Waals surface area contributed by atoms with Gasteiger partial charge in [-0.25, -0.2) is 0 Å². The Morgan fingerprint density at radius 2 is 2.12 bits per heavy atom. The minimum atomic E-state index is -0.0578. The second-order valence-corrected chi connectivity index (χ2v) is 5.65. The Balaban J connectivity index is 2.11. The lowest BCUT2D eigenvalue weighted by molar-refractivity contribution is 0.0608. The fourth-order valence-corrected chi connectivity index (χ4v) is 2.91. The van der Waals surface area contributed by atoms with E-state index in [2.05, 4.69) is 52.6 Å². The molecule has 1 saturated carbocycles. The Kier molecular flexibility index (Phi) is 3.67. The SMILES string of the molecule is CC[C@]1(NO)CC[C@H](c2ccc(Br)cc2)C1. The maximum Gasteiger partial charge on any atom is 0.0433 e. The van der Waals surface area contributed by atoms with Crippen LogP contribution in [0.1, 0.15) is 44.1 Å². The Labute approximate surface area is 105 Å². The van der Waals surface area contributed by atoms with Crippen molar-refractivity contribution in [2.24, 2.45) is 0 Å². The van der Waals surface area contributed by atoms with E-state index in [9.17, 15) is 5.21 Å². The van der Waals surface area contributed by atoms with Crippen molar-refractivity contribution in [2.75, 3.05) is 0 Å². The van der Waals surface area contributed by atoms with Crippen LogP contribution in [0.5, 0.6) is 0 Å². The number of nitrogens with one attached hydrogen (secondary N) is 1. The van der Waals surface area contributed by atoms with Crippen molar-refractivity contribution in [3.8, 4) is 0 Å². The Bertz CT molecular complexity index is 345. The van der Waals surface area contributed by atoms with Crippen LogP contribution in [0.3, 0.4) is 0 Å². The highest BCUT2D eigenvalue weighted by Crippen LogP contribution is 2.42. The molecule has 88 valence electrons. The molecular formula is C13H18BrNO. The normalized spacial score (nSPS) is 29.6.